The van der Waals surface area contributed by atoms with Gasteiger partial charge in [-0.2, -0.15) is 5.10 Å². The van der Waals surface area contributed by atoms with E-state index in [4.69, 9.17) is 0 Å². The largest absolute Gasteiger partial charge is 0.312 e. The van der Waals surface area contributed by atoms with Crippen molar-refractivity contribution in [2.24, 2.45) is 0 Å². The molecule has 2 aromatic heterocycles. The molecule has 0 saturated heterocycles. The van der Waals surface area contributed by atoms with Crippen LogP contribution in [0.3, 0.4) is 0 Å². The van der Waals surface area contributed by atoms with Gasteiger partial charge in [0.25, 0.3) is 0 Å². The monoisotopic (exact) mass is 320 g/mol. The standard InChI is InChI=1S/C20H24N4/c1-15(19-7-5-4-6-8-19)12-21-13-18-9-10-20(22-14-18)24-17(3)11-16(2)23-24/h4-11,14-15,21H,12-13H2,1-3H3. The van der Waals surface area contributed by atoms with E-state index in [-0.39, 0.29) is 0 Å². The van der Waals surface area contributed by atoms with Gasteiger partial charge >= 0.3 is 0 Å². The minimum absolute atomic E-state index is 0.494. The maximum absolute atomic E-state index is 4.54. The van der Waals surface area contributed by atoms with Crippen LogP contribution in [-0.4, -0.2) is 21.3 Å². The molecule has 2 heterocycles. The Morgan fingerprint density at radius 2 is 1.88 bits per heavy atom. The van der Waals surface area contributed by atoms with Crippen LogP contribution in [0.4, 0.5) is 0 Å². The van der Waals surface area contributed by atoms with Crippen molar-refractivity contribution >= 4 is 0 Å². The highest BCUT2D eigenvalue weighted by atomic mass is 15.3. The summed E-state index contributed by atoms with van der Waals surface area (Å²) in [6, 6.07) is 16.8. The Balaban J connectivity index is 1.56. The van der Waals surface area contributed by atoms with Gasteiger partial charge in [-0.15, -0.1) is 0 Å². The zero-order valence-electron chi connectivity index (χ0n) is 14.5. The number of hydrogen-bond donors (Lipinski definition) is 1. The Morgan fingerprint density at radius 3 is 2.50 bits per heavy atom. The van der Waals surface area contributed by atoms with Crippen molar-refractivity contribution in [2.75, 3.05) is 6.54 Å². The average Bonchev–Trinajstić information content (AvgIpc) is 2.94. The number of aromatic nitrogens is 3. The number of pyridine rings is 1. The van der Waals surface area contributed by atoms with E-state index in [0.717, 1.165) is 30.3 Å². The molecule has 24 heavy (non-hydrogen) atoms. The Hall–Kier alpha value is -2.46. The Bertz CT molecular complexity index is 775. The molecule has 1 atom stereocenters. The van der Waals surface area contributed by atoms with E-state index in [1.807, 2.05) is 30.8 Å². The van der Waals surface area contributed by atoms with Gasteiger partial charge in [0.05, 0.1) is 5.69 Å². The molecule has 0 radical (unpaired) electrons. The number of hydrogen-bond acceptors (Lipinski definition) is 3. The number of aryl methyl sites for hydroxylation is 2. The van der Waals surface area contributed by atoms with E-state index in [1.54, 1.807) is 0 Å². The van der Waals surface area contributed by atoms with E-state index in [9.17, 15) is 0 Å². The van der Waals surface area contributed by atoms with Crippen molar-refractivity contribution < 1.29 is 0 Å². The summed E-state index contributed by atoms with van der Waals surface area (Å²) in [5.74, 6) is 1.36. The van der Waals surface area contributed by atoms with E-state index in [1.165, 1.54) is 11.1 Å². The van der Waals surface area contributed by atoms with E-state index in [2.05, 4.69) is 64.8 Å². The van der Waals surface area contributed by atoms with Gasteiger partial charge < -0.3 is 5.32 Å². The molecule has 4 nitrogen and oxygen atoms in total. The summed E-state index contributed by atoms with van der Waals surface area (Å²) in [5, 5.41) is 7.98. The Labute approximate surface area is 143 Å². The smallest absolute Gasteiger partial charge is 0.153 e. The van der Waals surface area contributed by atoms with Crippen LogP contribution in [0, 0.1) is 13.8 Å². The number of benzene rings is 1. The second-order valence-corrected chi connectivity index (χ2v) is 6.31. The summed E-state index contributed by atoms with van der Waals surface area (Å²) >= 11 is 0. The van der Waals surface area contributed by atoms with Crippen molar-refractivity contribution in [3.05, 3.63) is 77.2 Å². The van der Waals surface area contributed by atoms with Gasteiger partial charge in [0, 0.05) is 25.0 Å². The lowest BCUT2D eigenvalue weighted by Gasteiger charge is -2.13. The first-order valence-electron chi connectivity index (χ1n) is 8.37. The second kappa shape index (κ2) is 7.41. The fourth-order valence-corrected chi connectivity index (χ4v) is 2.84. The van der Waals surface area contributed by atoms with Crippen molar-refractivity contribution in [3.63, 3.8) is 0 Å². The zero-order valence-corrected chi connectivity index (χ0v) is 14.5. The highest BCUT2D eigenvalue weighted by Crippen LogP contribution is 2.14. The highest BCUT2D eigenvalue weighted by molar-refractivity contribution is 5.28. The molecule has 1 aromatic carbocycles. The number of nitrogens with one attached hydrogen (secondary N) is 1. The molecule has 4 heteroatoms. The quantitative estimate of drug-likeness (QED) is 0.751. The Morgan fingerprint density at radius 1 is 1.08 bits per heavy atom. The maximum atomic E-state index is 4.54. The third kappa shape index (κ3) is 3.89. The van der Waals surface area contributed by atoms with Crippen molar-refractivity contribution in [1.82, 2.24) is 20.1 Å². The average molecular weight is 320 g/mol. The third-order valence-electron chi connectivity index (χ3n) is 4.18. The SMILES string of the molecule is Cc1cc(C)n(-c2ccc(CNCC(C)c3ccccc3)cn2)n1. The summed E-state index contributed by atoms with van der Waals surface area (Å²) in [5.41, 5.74) is 4.65. The molecule has 0 aliphatic heterocycles. The zero-order chi connectivity index (χ0) is 16.9. The maximum Gasteiger partial charge on any atom is 0.153 e. The molecule has 3 rings (SSSR count). The topological polar surface area (TPSA) is 42.7 Å². The normalized spacial score (nSPS) is 12.3. The van der Waals surface area contributed by atoms with Gasteiger partial charge in [0.2, 0.25) is 0 Å². The van der Waals surface area contributed by atoms with Gasteiger partial charge in [0.15, 0.2) is 5.82 Å². The van der Waals surface area contributed by atoms with Gasteiger partial charge in [-0.25, -0.2) is 9.67 Å². The molecule has 0 bridgehead atoms. The molecule has 0 amide bonds. The van der Waals surface area contributed by atoms with Crippen molar-refractivity contribution in [2.45, 2.75) is 33.2 Å². The first kappa shape index (κ1) is 16.4. The third-order valence-corrected chi connectivity index (χ3v) is 4.18. The number of nitrogens with zero attached hydrogens (tertiary/aromatic N) is 3. The molecular weight excluding hydrogens is 296 g/mol. The first-order chi connectivity index (χ1) is 11.6. The summed E-state index contributed by atoms with van der Waals surface area (Å²) in [6.45, 7) is 8.05. The lowest BCUT2D eigenvalue weighted by molar-refractivity contribution is 0.614. The lowest BCUT2D eigenvalue weighted by atomic mass is 10.0. The fraction of sp³-hybridized carbons (Fsp3) is 0.300. The summed E-state index contributed by atoms with van der Waals surface area (Å²) < 4.78 is 1.88. The molecule has 0 spiro atoms. The van der Waals surface area contributed by atoms with Crippen LogP contribution in [0.2, 0.25) is 0 Å². The molecule has 3 aromatic rings. The van der Waals surface area contributed by atoms with Gasteiger partial charge in [0.1, 0.15) is 0 Å². The van der Waals surface area contributed by atoms with Gasteiger partial charge in [-0.05, 0) is 43.0 Å². The summed E-state index contributed by atoms with van der Waals surface area (Å²) in [4.78, 5) is 4.54. The fourth-order valence-electron chi connectivity index (χ4n) is 2.84. The molecule has 0 aliphatic carbocycles. The van der Waals surface area contributed by atoms with Crippen LogP contribution in [0.5, 0.6) is 0 Å². The van der Waals surface area contributed by atoms with Crippen LogP contribution in [0.25, 0.3) is 5.82 Å². The van der Waals surface area contributed by atoms with Crippen LogP contribution < -0.4 is 5.32 Å². The Kier molecular flexibility index (Phi) is 5.06. The van der Waals surface area contributed by atoms with Crippen molar-refractivity contribution in [3.8, 4) is 5.82 Å². The minimum Gasteiger partial charge on any atom is -0.312 e. The molecule has 0 fully saturated rings. The predicted molar refractivity (Wildman–Crippen MR) is 97.4 cm³/mol. The summed E-state index contributed by atoms with van der Waals surface area (Å²) in [7, 11) is 0. The molecule has 0 aliphatic rings. The van der Waals surface area contributed by atoms with Gasteiger partial charge in [-0.1, -0.05) is 43.3 Å². The highest BCUT2D eigenvalue weighted by Gasteiger charge is 2.06. The molecular formula is C20H24N4. The molecule has 124 valence electrons. The minimum atomic E-state index is 0.494. The van der Waals surface area contributed by atoms with Crippen LogP contribution in [0.15, 0.2) is 54.7 Å². The van der Waals surface area contributed by atoms with Crippen LogP contribution in [-0.2, 0) is 6.54 Å². The number of rotatable bonds is 6. The molecule has 1 unspecified atom stereocenters. The van der Waals surface area contributed by atoms with Crippen LogP contribution >= 0.6 is 0 Å². The van der Waals surface area contributed by atoms with Crippen molar-refractivity contribution in [1.29, 1.82) is 0 Å². The lowest BCUT2D eigenvalue weighted by Crippen LogP contribution is -2.19. The molecule has 0 saturated carbocycles. The molecule has 1 N–H and O–H groups in total. The van der Waals surface area contributed by atoms with E-state index in [0.29, 0.717) is 5.92 Å². The van der Waals surface area contributed by atoms with E-state index < -0.39 is 0 Å². The van der Waals surface area contributed by atoms with E-state index >= 15 is 0 Å². The first-order valence-corrected chi connectivity index (χ1v) is 8.37. The van der Waals surface area contributed by atoms with Crippen LogP contribution in [0.1, 0.15) is 35.4 Å². The van der Waals surface area contributed by atoms with Gasteiger partial charge in [-0.3, -0.25) is 0 Å². The summed E-state index contributed by atoms with van der Waals surface area (Å²) in [6.07, 6.45) is 1.92. The predicted octanol–water partition coefficient (Wildman–Crippen LogP) is 3.78. The second-order valence-electron chi connectivity index (χ2n) is 6.31.